The van der Waals surface area contributed by atoms with Crippen molar-refractivity contribution in [2.45, 2.75) is 19.9 Å². The first-order valence-corrected chi connectivity index (χ1v) is 5.91. The highest BCUT2D eigenvalue weighted by Gasteiger charge is 2.15. The lowest BCUT2D eigenvalue weighted by atomic mass is 10.5. The van der Waals surface area contributed by atoms with Gasteiger partial charge in [-0.15, -0.1) is 0 Å². The summed E-state index contributed by atoms with van der Waals surface area (Å²) in [5, 5.41) is 0.649. The summed E-state index contributed by atoms with van der Waals surface area (Å²) in [4.78, 5) is 5.68. The zero-order valence-corrected chi connectivity index (χ0v) is 10.1. The van der Waals surface area contributed by atoms with Crippen molar-refractivity contribution in [3.8, 4) is 0 Å². The SMILES string of the molecule is CCn1ccnc1N(CCBr)CC(F)F. The molecular formula is C9H14BrF2N3. The molecule has 1 aromatic rings. The van der Waals surface area contributed by atoms with Crippen LogP contribution in [-0.4, -0.2) is 34.4 Å². The maximum Gasteiger partial charge on any atom is 0.255 e. The monoisotopic (exact) mass is 281 g/mol. The van der Waals surface area contributed by atoms with Crippen LogP contribution in [0.25, 0.3) is 0 Å². The lowest BCUT2D eigenvalue weighted by Crippen LogP contribution is -2.32. The fourth-order valence-corrected chi connectivity index (χ4v) is 1.80. The predicted molar refractivity (Wildman–Crippen MR) is 59.9 cm³/mol. The second-order valence-electron chi connectivity index (χ2n) is 3.04. The molecule has 1 aromatic heterocycles. The molecule has 0 N–H and O–H groups in total. The number of anilines is 1. The molecule has 0 bridgehead atoms. The van der Waals surface area contributed by atoms with Crippen molar-refractivity contribution in [2.75, 3.05) is 23.3 Å². The van der Waals surface area contributed by atoms with E-state index in [0.717, 1.165) is 6.54 Å². The van der Waals surface area contributed by atoms with E-state index in [-0.39, 0.29) is 6.54 Å². The number of rotatable bonds is 6. The normalized spacial score (nSPS) is 11.0. The lowest BCUT2D eigenvalue weighted by Gasteiger charge is -2.22. The van der Waals surface area contributed by atoms with Crippen LogP contribution >= 0.6 is 15.9 Å². The van der Waals surface area contributed by atoms with Gasteiger partial charge in [0.25, 0.3) is 6.43 Å². The fraction of sp³-hybridized carbons (Fsp3) is 0.667. The van der Waals surface area contributed by atoms with Gasteiger partial charge in [0.05, 0.1) is 6.54 Å². The third-order valence-corrected chi connectivity index (χ3v) is 2.38. The van der Waals surface area contributed by atoms with Gasteiger partial charge in [0, 0.05) is 30.8 Å². The second kappa shape index (κ2) is 6.05. The first-order valence-electron chi connectivity index (χ1n) is 4.79. The van der Waals surface area contributed by atoms with E-state index in [1.54, 1.807) is 17.3 Å². The average molecular weight is 282 g/mol. The van der Waals surface area contributed by atoms with Crippen LogP contribution in [0.2, 0.25) is 0 Å². The van der Waals surface area contributed by atoms with E-state index in [0.29, 0.717) is 17.8 Å². The molecule has 6 heteroatoms. The first-order chi connectivity index (χ1) is 7.19. The molecule has 0 unspecified atom stereocenters. The Morgan fingerprint density at radius 1 is 1.60 bits per heavy atom. The average Bonchev–Trinajstić information content (AvgIpc) is 2.64. The summed E-state index contributed by atoms with van der Waals surface area (Å²) in [7, 11) is 0. The zero-order chi connectivity index (χ0) is 11.3. The molecule has 0 aliphatic heterocycles. The van der Waals surface area contributed by atoms with Crippen molar-refractivity contribution < 1.29 is 8.78 Å². The van der Waals surface area contributed by atoms with E-state index in [1.807, 2.05) is 11.5 Å². The van der Waals surface area contributed by atoms with Crippen molar-refractivity contribution in [1.29, 1.82) is 0 Å². The van der Waals surface area contributed by atoms with Crippen molar-refractivity contribution in [3.05, 3.63) is 12.4 Å². The van der Waals surface area contributed by atoms with Gasteiger partial charge in [-0.05, 0) is 6.92 Å². The second-order valence-corrected chi connectivity index (χ2v) is 3.83. The summed E-state index contributed by atoms with van der Waals surface area (Å²) in [5.74, 6) is 0.609. The molecule has 0 spiro atoms. The van der Waals surface area contributed by atoms with E-state index >= 15 is 0 Å². The minimum absolute atomic E-state index is 0.275. The minimum atomic E-state index is -2.34. The molecule has 0 aliphatic rings. The molecule has 3 nitrogen and oxygen atoms in total. The number of aromatic nitrogens is 2. The van der Waals surface area contributed by atoms with E-state index in [4.69, 9.17) is 0 Å². The molecule has 0 saturated carbocycles. The van der Waals surface area contributed by atoms with Gasteiger partial charge in [-0.3, -0.25) is 0 Å². The quantitative estimate of drug-likeness (QED) is 0.747. The Labute approximate surface area is 96.2 Å². The van der Waals surface area contributed by atoms with Crippen molar-refractivity contribution in [2.24, 2.45) is 0 Å². The van der Waals surface area contributed by atoms with Crippen LogP contribution in [0.1, 0.15) is 6.92 Å². The third-order valence-electron chi connectivity index (χ3n) is 2.03. The molecule has 15 heavy (non-hydrogen) atoms. The fourth-order valence-electron chi connectivity index (χ4n) is 1.37. The Kier molecular flexibility index (Phi) is 5.01. The van der Waals surface area contributed by atoms with Crippen LogP contribution in [0.3, 0.4) is 0 Å². The lowest BCUT2D eigenvalue weighted by molar-refractivity contribution is 0.154. The van der Waals surface area contributed by atoms with Crippen molar-refractivity contribution in [3.63, 3.8) is 0 Å². The van der Waals surface area contributed by atoms with Gasteiger partial charge in [0.1, 0.15) is 0 Å². The Bertz CT molecular complexity index is 291. The third kappa shape index (κ3) is 3.44. The molecule has 1 rings (SSSR count). The van der Waals surface area contributed by atoms with Gasteiger partial charge in [0.15, 0.2) is 0 Å². The Balaban J connectivity index is 2.78. The van der Waals surface area contributed by atoms with Gasteiger partial charge in [-0.1, -0.05) is 15.9 Å². The minimum Gasteiger partial charge on any atom is -0.336 e. The molecule has 0 saturated heterocycles. The summed E-state index contributed by atoms with van der Waals surface area (Å²) >= 11 is 3.25. The van der Waals surface area contributed by atoms with E-state index in [2.05, 4.69) is 20.9 Å². The number of alkyl halides is 3. The summed E-state index contributed by atoms with van der Waals surface area (Å²) in [6, 6.07) is 0. The zero-order valence-electron chi connectivity index (χ0n) is 8.54. The van der Waals surface area contributed by atoms with Gasteiger partial charge in [-0.25, -0.2) is 13.8 Å². The topological polar surface area (TPSA) is 21.1 Å². The molecule has 0 fully saturated rings. The molecule has 0 amide bonds. The predicted octanol–water partition coefficient (Wildman–Crippen LogP) is 2.37. The van der Waals surface area contributed by atoms with Crippen LogP contribution < -0.4 is 4.90 Å². The van der Waals surface area contributed by atoms with E-state index in [9.17, 15) is 8.78 Å². The molecule has 0 aromatic carbocycles. The number of hydrogen-bond donors (Lipinski definition) is 0. The molecule has 86 valence electrons. The number of imidazole rings is 1. The largest absolute Gasteiger partial charge is 0.336 e. The highest BCUT2D eigenvalue weighted by Crippen LogP contribution is 2.13. The summed E-state index contributed by atoms with van der Waals surface area (Å²) < 4.78 is 26.5. The highest BCUT2D eigenvalue weighted by atomic mass is 79.9. The van der Waals surface area contributed by atoms with Crippen molar-refractivity contribution in [1.82, 2.24) is 9.55 Å². The summed E-state index contributed by atoms with van der Waals surface area (Å²) in [6.45, 7) is 2.95. The molecule has 0 aliphatic carbocycles. The number of halogens is 3. The Morgan fingerprint density at radius 2 is 2.33 bits per heavy atom. The van der Waals surface area contributed by atoms with Gasteiger partial charge < -0.3 is 9.47 Å². The number of hydrogen-bond acceptors (Lipinski definition) is 2. The van der Waals surface area contributed by atoms with E-state index in [1.165, 1.54) is 0 Å². The van der Waals surface area contributed by atoms with Crippen LogP contribution in [-0.2, 0) is 6.54 Å². The van der Waals surface area contributed by atoms with Crippen molar-refractivity contribution >= 4 is 21.9 Å². The molecule has 1 heterocycles. The molecule has 0 atom stereocenters. The van der Waals surface area contributed by atoms with Crippen LogP contribution in [0.15, 0.2) is 12.4 Å². The molecular weight excluding hydrogens is 268 g/mol. The Morgan fingerprint density at radius 3 is 2.87 bits per heavy atom. The molecule has 0 radical (unpaired) electrons. The van der Waals surface area contributed by atoms with Gasteiger partial charge in [-0.2, -0.15) is 0 Å². The van der Waals surface area contributed by atoms with Gasteiger partial charge >= 0.3 is 0 Å². The van der Waals surface area contributed by atoms with E-state index < -0.39 is 6.43 Å². The maximum atomic E-state index is 12.3. The smallest absolute Gasteiger partial charge is 0.255 e. The number of aryl methyl sites for hydroxylation is 1. The summed E-state index contributed by atoms with van der Waals surface area (Å²) in [6.07, 6.45) is 1.08. The van der Waals surface area contributed by atoms with Gasteiger partial charge in [0.2, 0.25) is 5.95 Å². The summed E-state index contributed by atoms with van der Waals surface area (Å²) in [5.41, 5.74) is 0. The van der Waals surface area contributed by atoms with Crippen LogP contribution in [0.4, 0.5) is 14.7 Å². The number of nitrogens with zero attached hydrogens (tertiary/aromatic N) is 3. The first kappa shape index (κ1) is 12.4. The highest BCUT2D eigenvalue weighted by molar-refractivity contribution is 9.09. The Hall–Kier alpha value is -0.650. The maximum absolute atomic E-state index is 12.3. The van der Waals surface area contributed by atoms with Crippen LogP contribution in [0, 0.1) is 0 Å². The standard InChI is InChI=1S/C9H14BrF2N3/c1-2-14-6-4-13-9(14)15(5-3-10)7-8(11)12/h4,6,8H,2-3,5,7H2,1H3. The van der Waals surface area contributed by atoms with Crippen LogP contribution in [0.5, 0.6) is 0 Å².